The number of allylic oxidation sites excluding steroid dienone is 4. The second-order valence-corrected chi connectivity index (χ2v) is 5.15. The quantitative estimate of drug-likeness (QED) is 0.834. The molecule has 0 aliphatic heterocycles. The summed E-state index contributed by atoms with van der Waals surface area (Å²) >= 11 is 0. The Bertz CT molecular complexity index is 781. The SMILES string of the molecule is CCc1nc2ccc(C)cc2c(=O)n1C1=CCCC=C1. The summed E-state index contributed by atoms with van der Waals surface area (Å²) in [5.74, 6) is 0.823. The maximum atomic E-state index is 12.8. The molecule has 3 heteroatoms. The Kier molecular flexibility index (Phi) is 3.26. The lowest BCUT2D eigenvalue weighted by Gasteiger charge is -2.15. The van der Waals surface area contributed by atoms with E-state index in [-0.39, 0.29) is 5.56 Å². The molecule has 2 aromatic rings. The molecule has 0 unspecified atom stereocenters. The van der Waals surface area contributed by atoms with Crippen molar-refractivity contribution >= 4 is 16.6 Å². The molecular formula is C17H18N2O. The van der Waals surface area contributed by atoms with Crippen LogP contribution in [-0.4, -0.2) is 9.55 Å². The molecule has 3 nitrogen and oxygen atoms in total. The summed E-state index contributed by atoms with van der Waals surface area (Å²) in [6, 6.07) is 5.85. The summed E-state index contributed by atoms with van der Waals surface area (Å²) in [5, 5.41) is 0.696. The molecule has 0 N–H and O–H groups in total. The lowest BCUT2D eigenvalue weighted by molar-refractivity contribution is 0.842. The fourth-order valence-electron chi connectivity index (χ4n) is 2.61. The van der Waals surface area contributed by atoms with Gasteiger partial charge in [0.2, 0.25) is 0 Å². The number of nitrogens with zero attached hydrogens (tertiary/aromatic N) is 2. The van der Waals surface area contributed by atoms with Gasteiger partial charge in [-0.05, 0) is 38.0 Å². The predicted molar refractivity (Wildman–Crippen MR) is 82.8 cm³/mol. The third-order valence-electron chi connectivity index (χ3n) is 3.64. The van der Waals surface area contributed by atoms with Gasteiger partial charge in [0.25, 0.3) is 5.56 Å². The van der Waals surface area contributed by atoms with Gasteiger partial charge in [-0.2, -0.15) is 0 Å². The van der Waals surface area contributed by atoms with Crippen molar-refractivity contribution in [3.05, 3.63) is 58.2 Å². The molecule has 20 heavy (non-hydrogen) atoms. The van der Waals surface area contributed by atoms with E-state index < -0.39 is 0 Å². The summed E-state index contributed by atoms with van der Waals surface area (Å²) in [6.45, 7) is 4.03. The van der Waals surface area contributed by atoms with Gasteiger partial charge in [0, 0.05) is 12.1 Å². The number of aromatic nitrogens is 2. The van der Waals surface area contributed by atoms with E-state index in [4.69, 9.17) is 0 Å². The third kappa shape index (κ3) is 2.09. The van der Waals surface area contributed by atoms with Crippen molar-refractivity contribution in [2.75, 3.05) is 0 Å². The monoisotopic (exact) mass is 266 g/mol. The molecule has 1 aliphatic rings. The Morgan fingerprint density at radius 3 is 2.85 bits per heavy atom. The molecule has 1 heterocycles. The highest BCUT2D eigenvalue weighted by atomic mass is 16.1. The largest absolute Gasteiger partial charge is 0.268 e. The van der Waals surface area contributed by atoms with E-state index in [0.29, 0.717) is 5.39 Å². The first-order valence-corrected chi connectivity index (χ1v) is 7.10. The molecule has 0 bridgehead atoms. The summed E-state index contributed by atoms with van der Waals surface area (Å²) in [5.41, 5.74) is 2.86. The van der Waals surface area contributed by atoms with Gasteiger partial charge in [-0.1, -0.05) is 30.7 Å². The number of hydrogen-bond acceptors (Lipinski definition) is 2. The Hall–Kier alpha value is -2.16. The van der Waals surface area contributed by atoms with Crippen LogP contribution >= 0.6 is 0 Å². The van der Waals surface area contributed by atoms with Gasteiger partial charge in [-0.25, -0.2) is 4.98 Å². The van der Waals surface area contributed by atoms with Gasteiger partial charge in [0.15, 0.2) is 0 Å². The minimum absolute atomic E-state index is 0.0355. The standard InChI is InChI=1S/C17H18N2O/c1-3-16-18-15-10-9-12(2)11-14(15)17(20)19(16)13-7-5-4-6-8-13/h5,7-11H,3-4,6H2,1-2H3. The van der Waals surface area contributed by atoms with Gasteiger partial charge in [-0.15, -0.1) is 0 Å². The van der Waals surface area contributed by atoms with E-state index in [1.807, 2.05) is 38.1 Å². The zero-order valence-corrected chi connectivity index (χ0v) is 11.9. The highest BCUT2D eigenvalue weighted by Crippen LogP contribution is 2.18. The van der Waals surface area contributed by atoms with Gasteiger partial charge in [0.05, 0.1) is 10.9 Å². The van der Waals surface area contributed by atoms with Gasteiger partial charge in [-0.3, -0.25) is 9.36 Å². The van der Waals surface area contributed by atoms with Crippen LogP contribution in [0.4, 0.5) is 0 Å². The average Bonchev–Trinajstić information content (AvgIpc) is 2.48. The molecule has 1 aromatic heterocycles. The number of rotatable bonds is 2. The normalized spacial score (nSPS) is 14.6. The fraction of sp³-hybridized carbons (Fsp3) is 0.294. The molecule has 3 rings (SSSR count). The number of aryl methyl sites for hydroxylation is 2. The zero-order valence-electron chi connectivity index (χ0n) is 11.9. The number of hydrogen-bond donors (Lipinski definition) is 0. The molecule has 1 aliphatic carbocycles. The lowest BCUT2D eigenvalue weighted by Crippen LogP contribution is -2.24. The Balaban J connectivity index is 2.35. The van der Waals surface area contributed by atoms with Gasteiger partial charge >= 0.3 is 0 Å². The summed E-state index contributed by atoms with van der Waals surface area (Å²) in [4.78, 5) is 17.5. The van der Waals surface area contributed by atoms with Crippen molar-refractivity contribution < 1.29 is 0 Å². The molecule has 1 aromatic carbocycles. The van der Waals surface area contributed by atoms with Crippen molar-refractivity contribution in [2.45, 2.75) is 33.1 Å². The summed E-state index contributed by atoms with van der Waals surface area (Å²) in [7, 11) is 0. The number of fused-ring (bicyclic) bond motifs is 1. The van der Waals surface area contributed by atoms with E-state index in [2.05, 4.69) is 17.1 Å². The van der Waals surface area contributed by atoms with E-state index in [1.165, 1.54) is 0 Å². The molecule has 0 saturated heterocycles. The van der Waals surface area contributed by atoms with Crippen LogP contribution in [0.2, 0.25) is 0 Å². The van der Waals surface area contributed by atoms with Gasteiger partial charge < -0.3 is 0 Å². The minimum Gasteiger partial charge on any atom is -0.268 e. The van der Waals surface area contributed by atoms with Crippen molar-refractivity contribution in [2.24, 2.45) is 0 Å². The third-order valence-corrected chi connectivity index (χ3v) is 3.64. The molecule has 0 atom stereocenters. The molecule has 0 radical (unpaired) electrons. The molecule has 0 spiro atoms. The predicted octanol–water partition coefficient (Wildman–Crippen LogP) is 3.46. The van der Waals surface area contributed by atoms with Crippen LogP contribution in [0.1, 0.15) is 31.2 Å². The highest BCUT2D eigenvalue weighted by Gasteiger charge is 2.12. The van der Waals surface area contributed by atoms with Gasteiger partial charge in [0.1, 0.15) is 5.82 Å². The van der Waals surface area contributed by atoms with Crippen molar-refractivity contribution in [1.82, 2.24) is 9.55 Å². The molecule has 0 fully saturated rings. The Morgan fingerprint density at radius 2 is 2.15 bits per heavy atom. The van der Waals surface area contributed by atoms with Crippen LogP contribution in [0.25, 0.3) is 16.6 Å². The topological polar surface area (TPSA) is 34.9 Å². The molecule has 0 amide bonds. The van der Waals surface area contributed by atoms with Crippen molar-refractivity contribution in [3.8, 4) is 0 Å². The smallest absolute Gasteiger partial charge is 0.265 e. The molecular weight excluding hydrogens is 248 g/mol. The Morgan fingerprint density at radius 1 is 1.30 bits per heavy atom. The van der Waals surface area contributed by atoms with Crippen LogP contribution < -0.4 is 5.56 Å². The van der Waals surface area contributed by atoms with Crippen LogP contribution in [0.15, 0.2) is 41.2 Å². The van der Waals surface area contributed by atoms with E-state index in [0.717, 1.165) is 41.9 Å². The van der Waals surface area contributed by atoms with E-state index in [9.17, 15) is 4.79 Å². The molecule has 0 saturated carbocycles. The first-order chi connectivity index (χ1) is 9.70. The Labute approximate surface area is 118 Å². The lowest BCUT2D eigenvalue weighted by atomic mass is 10.1. The summed E-state index contributed by atoms with van der Waals surface area (Å²) in [6.07, 6.45) is 9.01. The van der Waals surface area contributed by atoms with Crippen LogP contribution in [-0.2, 0) is 6.42 Å². The van der Waals surface area contributed by atoms with E-state index >= 15 is 0 Å². The second-order valence-electron chi connectivity index (χ2n) is 5.15. The first kappa shape index (κ1) is 12.9. The van der Waals surface area contributed by atoms with Crippen LogP contribution in [0, 0.1) is 6.92 Å². The fourth-order valence-corrected chi connectivity index (χ4v) is 2.61. The number of benzene rings is 1. The average molecular weight is 266 g/mol. The maximum Gasteiger partial charge on any atom is 0.265 e. The first-order valence-electron chi connectivity index (χ1n) is 7.10. The van der Waals surface area contributed by atoms with Crippen LogP contribution in [0.5, 0.6) is 0 Å². The molecule has 102 valence electrons. The van der Waals surface area contributed by atoms with Crippen molar-refractivity contribution in [3.63, 3.8) is 0 Å². The maximum absolute atomic E-state index is 12.8. The second kappa shape index (κ2) is 5.08. The van der Waals surface area contributed by atoms with E-state index in [1.54, 1.807) is 4.57 Å². The summed E-state index contributed by atoms with van der Waals surface area (Å²) < 4.78 is 1.76. The van der Waals surface area contributed by atoms with Crippen molar-refractivity contribution in [1.29, 1.82) is 0 Å². The zero-order chi connectivity index (χ0) is 14.1. The highest BCUT2D eigenvalue weighted by molar-refractivity contribution is 5.79. The van der Waals surface area contributed by atoms with Crippen LogP contribution in [0.3, 0.4) is 0 Å². The minimum atomic E-state index is 0.0355.